The second-order valence-corrected chi connectivity index (χ2v) is 9.59. The van der Waals surface area contributed by atoms with Crippen LogP contribution < -0.4 is 14.5 Å². The van der Waals surface area contributed by atoms with Crippen LogP contribution in [0.4, 0.5) is 5.69 Å². The zero-order valence-electron chi connectivity index (χ0n) is 17.9. The van der Waals surface area contributed by atoms with Crippen LogP contribution in [0.5, 0.6) is 5.75 Å². The van der Waals surface area contributed by atoms with Crippen molar-refractivity contribution in [1.29, 1.82) is 0 Å². The molecular weight excluding hydrogens is 497 g/mol. The number of sulfonamides is 1. The van der Waals surface area contributed by atoms with Gasteiger partial charge in [-0.15, -0.1) is 0 Å². The number of benzene rings is 3. The van der Waals surface area contributed by atoms with Crippen LogP contribution in [0.3, 0.4) is 0 Å². The summed E-state index contributed by atoms with van der Waals surface area (Å²) >= 11 is 12.2. The number of hydrogen-bond acceptors (Lipinski definition) is 5. The lowest BCUT2D eigenvalue weighted by molar-refractivity contribution is -0.119. The van der Waals surface area contributed by atoms with Gasteiger partial charge in [-0.25, -0.2) is 13.8 Å². The van der Waals surface area contributed by atoms with Crippen molar-refractivity contribution in [3.8, 4) is 5.75 Å². The highest BCUT2D eigenvalue weighted by molar-refractivity contribution is 7.92. The van der Waals surface area contributed by atoms with E-state index in [0.29, 0.717) is 22.9 Å². The van der Waals surface area contributed by atoms with E-state index in [-0.39, 0.29) is 15.6 Å². The highest BCUT2D eigenvalue weighted by atomic mass is 35.5. The van der Waals surface area contributed by atoms with Crippen molar-refractivity contribution in [2.24, 2.45) is 5.10 Å². The molecule has 0 unspecified atom stereocenters. The molecule has 0 atom stereocenters. The first-order chi connectivity index (χ1) is 16.3. The predicted octanol–water partition coefficient (Wildman–Crippen LogP) is 4.90. The van der Waals surface area contributed by atoms with Crippen LogP contribution in [-0.2, 0) is 14.8 Å². The summed E-state index contributed by atoms with van der Waals surface area (Å²) in [7, 11) is -4.10. The van der Waals surface area contributed by atoms with Gasteiger partial charge in [0.05, 0.1) is 21.8 Å². The SMILES string of the molecule is C=CCOc1ccc(/C=N\NC(=O)CN(c2ccc(Cl)cc2Cl)S(=O)(=O)c2ccccc2)cc1. The minimum atomic E-state index is -4.10. The lowest BCUT2D eigenvalue weighted by Gasteiger charge is -2.24. The Hall–Kier alpha value is -3.33. The highest BCUT2D eigenvalue weighted by Crippen LogP contribution is 2.32. The molecule has 10 heteroatoms. The second kappa shape index (κ2) is 11.7. The first-order valence-corrected chi connectivity index (χ1v) is 12.2. The number of carbonyl (C=O) groups excluding carboxylic acids is 1. The number of nitrogens with one attached hydrogen (secondary N) is 1. The van der Waals surface area contributed by atoms with Crippen LogP contribution in [0.2, 0.25) is 10.0 Å². The molecular formula is C24H21Cl2N3O4S. The fourth-order valence-corrected chi connectivity index (χ4v) is 4.87. The average molecular weight is 518 g/mol. The Morgan fingerprint density at radius 1 is 1.06 bits per heavy atom. The summed E-state index contributed by atoms with van der Waals surface area (Å²) in [4.78, 5) is 12.6. The van der Waals surface area contributed by atoms with E-state index in [0.717, 1.165) is 4.31 Å². The van der Waals surface area contributed by atoms with Gasteiger partial charge in [-0.2, -0.15) is 5.10 Å². The number of hydrogen-bond donors (Lipinski definition) is 1. The zero-order valence-corrected chi connectivity index (χ0v) is 20.2. The van der Waals surface area contributed by atoms with Crippen molar-refractivity contribution in [2.75, 3.05) is 17.5 Å². The number of nitrogens with zero attached hydrogens (tertiary/aromatic N) is 2. The molecule has 176 valence electrons. The molecule has 1 amide bonds. The lowest BCUT2D eigenvalue weighted by atomic mass is 10.2. The van der Waals surface area contributed by atoms with Crippen LogP contribution in [0.15, 0.2) is 95.4 Å². The Balaban J connectivity index is 1.77. The molecule has 0 aliphatic heterocycles. The summed E-state index contributed by atoms with van der Waals surface area (Å²) < 4.78 is 32.9. The maximum Gasteiger partial charge on any atom is 0.264 e. The van der Waals surface area contributed by atoms with Crippen LogP contribution in [0, 0.1) is 0 Å². The van der Waals surface area contributed by atoms with E-state index >= 15 is 0 Å². The minimum absolute atomic E-state index is 0.0103. The molecule has 0 saturated heterocycles. The van der Waals surface area contributed by atoms with Crippen molar-refractivity contribution in [3.05, 3.63) is 101 Å². The smallest absolute Gasteiger partial charge is 0.264 e. The number of anilines is 1. The van der Waals surface area contributed by atoms with Crippen LogP contribution in [-0.4, -0.2) is 33.7 Å². The zero-order chi connectivity index (χ0) is 24.6. The average Bonchev–Trinajstić information content (AvgIpc) is 2.83. The van der Waals surface area contributed by atoms with Crippen molar-refractivity contribution in [3.63, 3.8) is 0 Å². The van der Waals surface area contributed by atoms with E-state index in [4.69, 9.17) is 27.9 Å². The largest absolute Gasteiger partial charge is 0.490 e. The molecule has 34 heavy (non-hydrogen) atoms. The van der Waals surface area contributed by atoms with Gasteiger partial charge in [-0.1, -0.05) is 54.1 Å². The number of rotatable bonds is 10. The summed E-state index contributed by atoms with van der Waals surface area (Å²) in [5, 5.41) is 4.33. The molecule has 7 nitrogen and oxygen atoms in total. The van der Waals surface area contributed by atoms with E-state index in [2.05, 4.69) is 17.1 Å². The Morgan fingerprint density at radius 3 is 2.41 bits per heavy atom. The molecule has 0 heterocycles. The third kappa shape index (κ3) is 6.60. The fourth-order valence-electron chi connectivity index (χ4n) is 2.85. The topological polar surface area (TPSA) is 88.1 Å². The highest BCUT2D eigenvalue weighted by Gasteiger charge is 2.28. The van der Waals surface area contributed by atoms with E-state index in [1.165, 1.54) is 36.5 Å². The van der Waals surface area contributed by atoms with E-state index in [9.17, 15) is 13.2 Å². The van der Waals surface area contributed by atoms with Gasteiger partial charge in [0.1, 0.15) is 18.9 Å². The monoisotopic (exact) mass is 517 g/mol. The van der Waals surface area contributed by atoms with Gasteiger partial charge in [-0.3, -0.25) is 9.10 Å². The first-order valence-electron chi connectivity index (χ1n) is 10.00. The maximum absolute atomic E-state index is 13.3. The third-order valence-corrected chi connectivity index (χ3v) is 6.76. The van der Waals surface area contributed by atoms with Gasteiger partial charge >= 0.3 is 0 Å². The van der Waals surface area contributed by atoms with Crippen molar-refractivity contribution in [1.82, 2.24) is 5.43 Å². The summed E-state index contributed by atoms with van der Waals surface area (Å²) in [5.41, 5.74) is 3.17. The number of hydrazone groups is 1. The Labute approximate surface area is 208 Å². The molecule has 3 aromatic carbocycles. The molecule has 0 radical (unpaired) electrons. The van der Waals surface area contributed by atoms with Crippen LogP contribution >= 0.6 is 23.2 Å². The summed E-state index contributed by atoms with van der Waals surface area (Å²) in [5.74, 6) is 0.00963. The van der Waals surface area contributed by atoms with Gasteiger partial charge in [0.25, 0.3) is 15.9 Å². The predicted molar refractivity (Wildman–Crippen MR) is 135 cm³/mol. The molecule has 0 fully saturated rings. The van der Waals surface area contributed by atoms with Gasteiger partial charge in [0, 0.05) is 5.02 Å². The standard InChI is InChI=1S/C24H21Cl2N3O4S/c1-2-14-33-20-11-8-18(9-12-20)16-27-28-24(30)17-29(23-13-10-19(25)15-22(23)26)34(31,32)21-6-4-3-5-7-21/h2-13,15-16H,1,14,17H2,(H,28,30)/b27-16-. The maximum atomic E-state index is 13.3. The number of halogens is 2. The summed E-state index contributed by atoms with van der Waals surface area (Å²) in [6, 6.07) is 19.1. The second-order valence-electron chi connectivity index (χ2n) is 6.88. The van der Waals surface area contributed by atoms with E-state index in [1.807, 2.05) is 0 Å². The normalized spacial score (nSPS) is 11.2. The van der Waals surface area contributed by atoms with Crippen molar-refractivity contribution < 1.29 is 17.9 Å². The molecule has 0 aromatic heterocycles. The van der Waals surface area contributed by atoms with Gasteiger partial charge in [0.15, 0.2) is 0 Å². The minimum Gasteiger partial charge on any atom is -0.490 e. The molecule has 0 spiro atoms. The van der Waals surface area contributed by atoms with Gasteiger partial charge in [0.2, 0.25) is 0 Å². The van der Waals surface area contributed by atoms with Crippen molar-refractivity contribution >= 4 is 51.0 Å². The third-order valence-electron chi connectivity index (χ3n) is 4.45. The molecule has 0 aliphatic rings. The first kappa shape index (κ1) is 25.3. The number of ether oxygens (including phenoxy) is 1. The molecule has 0 aliphatic carbocycles. The molecule has 0 saturated carbocycles. The fraction of sp³-hybridized carbons (Fsp3) is 0.0833. The van der Waals surface area contributed by atoms with Gasteiger partial charge < -0.3 is 4.74 Å². The van der Waals surface area contributed by atoms with Crippen LogP contribution in [0.25, 0.3) is 0 Å². The van der Waals surface area contributed by atoms with E-state index < -0.39 is 22.5 Å². The summed E-state index contributed by atoms with van der Waals surface area (Å²) in [6.07, 6.45) is 3.07. The molecule has 3 rings (SSSR count). The molecule has 0 bridgehead atoms. The van der Waals surface area contributed by atoms with E-state index in [1.54, 1.807) is 48.5 Å². The summed E-state index contributed by atoms with van der Waals surface area (Å²) in [6.45, 7) is 3.43. The van der Waals surface area contributed by atoms with Crippen molar-refractivity contribution in [2.45, 2.75) is 4.90 Å². The lowest BCUT2D eigenvalue weighted by Crippen LogP contribution is -2.39. The Bertz CT molecular complexity index is 1280. The quantitative estimate of drug-likeness (QED) is 0.235. The number of amides is 1. The Morgan fingerprint density at radius 2 is 1.76 bits per heavy atom. The number of carbonyl (C=O) groups is 1. The van der Waals surface area contributed by atoms with Gasteiger partial charge in [-0.05, 0) is 60.2 Å². The van der Waals surface area contributed by atoms with Crippen LogP contribution in [0.1, 0.15) is 5.56 Å². The molecule has 1 N–H and O–H groups in total. The molecule has 3 aromatic rings. The Kier molecular flexibility index (Phi) is 8.70.